The predicted molar refractivity (Wildman–Crippen MR) is 101 cm³/mol. The number of ether oxygens (including phenoxy) is 1. The summed E-state index contributed by atoms with van der Waals surface area (Å²) >= 11 is 0. The van der Waals surface area contributed by atoms with Crippen molar-refractivity contribution in [2.75, 3.05) is 6.61 Å². The molecule has 0 saturated carbocycles. The highest BCUT2D eigenvalue weighted by molar-refractivity contribution is 5.91. The van der Waals surface area contributed by atoms with Crippen molar-refractivity contribution in [1.82, 2.24) is 0 Å². The van der Waals surface area contributed by atoms with Crippen LogP contribution in [-0.2, 0) is 9.53 Å². The number of rotatable bonds is 4. The third kappa shape index (κ3) is 3.23. The maximum absolute atomic E-state index is 12.6. The molecule has 1 aliphatic rings. The molecule has 0 N–H and O–H groups in total. The number of carbonyl (C=O) groups excluding carboxylic acids is 1. The van der Waals surface area contributed by atoms with Gasteiger partial charge in [0.25, 0.3) is 0 Å². The fourth-order valence-corrected chi connectivity index (χ4v) is 3.89. The summed E-state index contributed by atoms with van der Waals surface area (Å²) in [4.78, 5) is 12.6. The molecule has 0 unspecified atom stereocenters. The lowest BCUT2D eigenvalue weighted by molar-refractivity contribution is -0.139. The molecule has 3 rings (SSSR count). The number of nitriles is 2. The summed E-state index contributed by atoms with van der Waals surface area (Å²) in [5.41, 5.74) is 0.666. The molecule has 0 spiro atoms. The summed E-state index contributed by atoms with van der Waals surface area (Å²) in [5.74, 6) is -1.48. The second-order valence-corrected chi connectivity index (χ2v) is 6.52. The molecule has 2 aromatic carbocycles. The van der Waals surface area contributed by atoms with Gasteiger partial charge in [0, 0.05) is 17.4 Å². The van der Waals surface area contributed by atoms with Gasteiger partial charge in [-0.2, -0.15) is 10.5 Å². The van der Waals surface area contributed by atoms with Crippen molar-refractivity contribution in [1.29, 1.82) is 10.5 Å². The van der Waals surface area contributed by atoms with Gasteiger partial charge >= 0.3 is 5.97 Å². The van der Waals surface area contributed by atoms with Gasteiger partial charge in [0.05, 0.1) is 18.7 Å². The van der Waals surface area contributed by atoms with Crippen molar-refractivity contribution in [2.24, 2.45) is 5.41 Å². The third-order valence-electron chi connectivity index (χ3n) is 5.11. The van der Waals surface area contributed by atoms with Crippen molar-refractivity contribution in [3.63, 3.8) is 0 Å². The summed E-state index contributed by atoms with van der Waals surface area (Å²) in [5, 5.41) is 20.4. The summed E-state index contributed by atoms with van der Waals surface area (Å²) in [6.45, 7) is 1.99. The van der Waals surface area contributed by atoms with E-state index in [4.69, 9.17) is 4.74 Å². The van der Waals surface area contributed by atoms with E-state index in [1.807, 2.05) is 66.7 Å². The molecule has 0 bridgehead atoms. The molecule has 0 saturated heterocycles. The molecule has 2 aromatic rings. The molecule has 4 heteroatoms. The Kier molecular flexibility index (Phi) is 5.38. The Morgan fingerprint density at radius 1 is 1.04 bits per heavy atom. The van der Waals surface area contributed by atoms with Gasteiger partial charge in [0.1, 0.15) is 0 Å². The number of hydrogen-bond donors (Lipinski definition) is 0. The van der Waals surface area contributed by atoms with Crippen LogP contribution in [0.2, 0.25) is 0 Å². The highest BCUT2D eigenvalue weighted by Crippen LogP contribution is 2.54. The normalized spacial score (nSPS) is 20.6. The topological polar surface area (TPSA) is 73.9 Å². The smallest absolute Gasteiger partial charge is 0.334 e. The van der Waals surface area contributed by atoms with Gasteiger partial charge in [-0.05, 0) is 24.5 Å². The molecule has 0 radical (unpaired) electrons. The Bertz CT molecular complexity index is 906. The molecule has 4 nitrogen and oxygen atoms in total. The van der Waals surface area contributed by atoms with E-state index in [0.29, 0.717) is 12.0 Å². The lowest BCUT2D eigenvalue weighted by Gasteiger charge is -2.40. The number of allylic oxidation sites excluding steroid dienone is 1. The first-order valence-corrected chi connectivity index (χ1v) is 8.97. The lowest BCUT2D eigenvalue weighted by Crippen LogP contribution is -2.39. The minimum Gasteiger partial charge on any atom is -0.463 e. The van der Waals surface area contributed by atoms with Crippen molar-refractivity contribution in [3.8, 4) is 12.1 Å². The molecule has 0 heterocycles. The molecule has 1 aliphatic carbocycles. The molecule has 134 valence electrons. The van der Waals surface area contributed by atoms with Crippen LogP contribution in [0.5, 0.6) is 0 Å². The fourth-order valence-electron chi connectivity index (χ4n) is 3.89. The summed E-state index contributed by atoms with van der Waals surface area (Å²) in [6.07, 6.45) is 2.27. The zero-order valence-electron chi connectivity index (χ0n) is 15.1. The number of esters is 1. The minimum absolute atomic E-state index is 0.242. The number of nitrogens with zero attached hydrogens (tertiary/aromatic N) is 2. The Balaban J connectivity index is 2.22. The molecule has 27 heavy (non-hydrogen) atoms. The molecular formula is C23H20N2O2. The zero-order valence-corrected chi connectivity index (χ0v) is 15.1. The summed E-state index contributed by atoms with van der Waals surface area (Å²) in [7, 11) is 0. The van der Waals surface area contributed by atoms with Crippen LogP contribution in [0.3, 0.4) is 0 Å². The van der Waals surface area contributed by atoms with Gasteiger partial charge in [-0.1, -0.05) is 66.7 Å². The minimum atomic E-state index is -1.40. The van der Waals surface area contributed by atoms with Crippen LogP contribution >= 0.6 is 0 Å². The Labute approximate surface area is 159 Å². The molecule has 2 atom stereocenters. The number of carbonyl (C=O) groups is 1. The van der Waals surface area contributed by atoms with E-state index in [0.717, 1.165) is 11.1 Å². The van der Waals surface area contributed by atoms with E-state index in [2.05, 4.69) is 12.1 Å². The molecule has 0 fully saturated rings. The highest BCUT2D eigenvalue weighted by atomic mass is 16.5. The lowest BCUT2D eigenvalue weighted by atomic mass is 9.58. The van der Waals surface area contributed by atoms with Crippen LogP contribution in [0.15, 0.2) is 72.3 Å². The van der Waals surface area contributed by atoms with E-state index in [1.54, 1.807) is 6.92 Å². The Hall–Kier alpha value is -3.37. The van der Waals surface area contributed by atoms with Crippen LogP contribution in [0.25, 0.3) is 0 Å². The van der Waals surface area contributed by atoms with Crippen LogP contribution in [0, 0.1) is 28.1 Å². The first-order chi connectivity index (χ1) is 13.2. The van der Waals surface area contributed by atoms with Crippen LogP contribution in [-0.4, -0.2) is 12.6 Å². The van der Waals surface area contributed by atoms with Crippen molar-refractivity contribution >= 4 is 5.97 Å². The average Bonchev–Trinajstić information content (AvgIpc) is 2.74. The first kappa shape index (κ1) is 18.4. The molecule has 0 aliphatic heterocycles. The first-order valence-electron chi connectivity index (χ1n) is 8.97. The monoisotopic (exact) mass is 356 g/mol. The Morgan fingerprint density at radius 2 is 1.59 bits per heavy atom. The SMILES string of the molecule is CCOC(=O)C1=CC[C@H](c2ccccc2)C(C#N)(C#N)[C@@H]1c1ccccc1. The van der Waals surface area contributed by atoms with E-state index >= 15 is 0 Å². The number of benzene rings is 2. The quantitative estimate of drug-likeness (QED) is 0.757. The van der Waals surface area contributed by atoms with Gasteiger partial charge in [0.2, 0.25) is 0 Å². The number of hydrogen-bond acceptors (Lipinski definition) is 4. The summed E-state index contributed by atoms with van der Waals surface area (Å²) < 4.78 is 5.23. The second kappa shape index (κ2) is 7.89. The van der Waals surface area contributed by atoms with Crippen molar-refractivity contribution < 1.29 is 9.53 Å². The van der Waals surface area contributed by atoms with E-state index in [1.165, 1.54) is 0 Å². The highest BCUT2D eigenvalue weighted by Gasteiger charge is 2.53. The van der Waals surface area contributed by atoms with Crippen molar-refractivity contribution in [2.45, 2.75) is 25.2 Å². The van der Waals surface area contributed by atoms with E-state index in [-0.39, 0.29) is 12.5 Å². The maximum Gasteiger partial charge on any atom is 0.334 e. The summed E-state index contributed by atoms with van der Waals surface area (Å²) in [6, 6.07) is 23.4. The Morgan fingerprint density at radius 3 is 2.11 bits per heavy atom. The van der Waals surface area contributed by atoms with E-state index in [9.17, 15) is 15.3 Å². The van der Waals surface area contributed by atoms with Gasteiger partial charge in [-0.3, -0.25) is 0 Å². The van der Waals surface area contributed by atoms with E-state index < -0.39 is 17.3 Å². The second-order valence-electron chi connectivity index (χ2n) is 6.52. The van der Waals surface area contributed by atoms with Crippen molar-refractivity contribution in [3.05, 3.63) is 83.4 Å². The van der Waals surface area contributed by atoms with Crippen LogP contribution in [0.1, 0.15) is 36.3 Å². The average molecular weight is 356 g/mol. The molecule has 0 aromatic heterocycles. The molecule has 0 amide bonds. The zero-order chi connectivity index (χ0) is 19.3. The van der Waals surface area contributed by atoms with Gasteiger partial charge in [-0.25, -0.2) is 4.79 Å². The fraction of sp³-hybridized carbons (Fsp3) is 0.261. The van der Waals surface area contributed by atoms with Crippen LogP contribution < -0.4 is 0 Å². The maximum atomic E-state index is 12.6. The standard InChI is InChI=1S/C23H20N2O2/c1-2-27-22(26)19-13-14-20(17-9-5-3-6-10-17)23(15-24,16-25)21(19)18-11-7-4-8-12-18/h3-13,20-21H,2,14H2,1H3/t20-,21-/m1/s1. The van der Waals surface area contributed by atoms with Gasteiger partial charge in [-0.15, -0.1) is 0 Å². The third-order valence-corrected chi connectivity index (χ3v) is 5.11. The van der Waals surface area contributed by atoms with Crippen LogP contribution in [0.4, 0.5) is 0 Å². The largest absolute Gasteiger partial charge is 0.463 e. The van der Waals surface area contributed by atoms with Gasteiger partial charge < -0.3 is 4.74 Å². The molecular weight excluding hydrogens is 336 g/mol. The predicted octanol–water partition coefficient (Wildman–Crippen LogP) is 4.48. The van der Waals surface area contributed by atoms with Gasteiger partial charge in [0.15, 0.2) is 5.41 Å².